The summed E-state index contributed by atoms with van der Waals surface area (Å²) in [4.78, 5) is 15.6. The van der Waals surface area contributed by atoms with Crippen LogP contribution in [0.3, 0.4) is 0 Å². The van der Waals surface area contributed by atoms with Crippen molar-refractivity contribution in [1.82, 2.24) is 4.98 Å². The third-order valence-electron chi connectivity index (χ3n) is 1.98. The van der Waals surface area contributed by atoms with Crippen LogP contribution < -0.4 is 5.73 Å². The maximum absolute atomic E-state index is 10.9. The molecule has 0 aromatic carbocycles. The fraction of sp³-hybridized carbons (Fsp3) is 0. The quantitative estimate of drug-likeness (QED) is 0.864. The topological polar surface area (TPSA) is 76.2 Å². The van der Waals surface area contributed by atoms with Crippen LogP contribution in [0.1, 0.15) is 10.5 Å². The standard InChI is InChI=1S/C10H7ClN2O2S/c11-5-3-4-16-9(5)7-2-1-6(12)8(13-7)10(14)15/h1-4H,12H2,(H,14,15). The second kappa shape index (κ2) is 4.11. The van der Waals surface area contributed by atoms with Crippen molar-refractivity contribution < 1.29 is 9.90 Å². The number of hydrogen-bond donors (Lipinski definition) is 2. The van der Waals surface area contributed by atoms with Gasteiger partial charge in [0.15, 0.2) is 5.69 Å². The average molecular weight is 255 g/mol. The molecule has 2 aromatic heterocycles. The normalized spacial score (nSPS) is 10.3. The van der Waals surface area contributed by atoms with Crippen molar-refractivity contribution >= 4 is 34.6 Å². The second-order valence-corrected chi connectivity index (χ2v) is 4.36. The lowest BCUT2D eigenvalue weighted by Gasteiger charge is -2.03. The van der Waals surface area contributed by atoms with E-state index in [9.17, 15) is 4.79 Å². The third-order valence-corrected chi connectivity index (χ3v) is 3.34. The zero-order valence-electron chi connectivity index (χ0n) is 7.98. The average Bonchev–Trinajstić information content (AvgIpc) is 2.65. The maximum atomic E-state index is 10.9. The van der Waals surface area contributed by atoms with Gasteiger partial charge < -0.3 is 10.8 Å². The van der Waals surface area contributed by atoms with Crippen LogP contribution in [0.25, 0.3) is 10.6 Å². The molecule has 0 aliphatic rings. The number of carboxylic acid groups (broad SMARTS) is 1. The van der Waals surface area contributed by atoms with Crippen molar-refractivity contribution in [3.8, 4) is 10.6 Å². The summed E-state index contributed by atoms with van der Waals surface area (Å²) in [5, 5.41) is 11.3. The van der Waals surface area contributed by atoms with Gasteiger partial charge in [0.25, 0.3) is 0 Å². The Labute approximate surface area is 100 Å². The van der Waals surface area contributed by atoms with Crippen LogP contribution in [0.5, 0.6) is 0 Å². The molecule has 6 heteroatoms. The minimum atomic E-state index is -1.15. The Morgan fingerprint density at radius 2 is 2.19 bits per heavy atom. The number of halogens is 1. The molecular formula is C10H7ClN2O2S. The van der Waals surface area contributed by atoms with Crippen LogP contribution in [0.2, 0.25) is 5.02 Å². The largest absolute Gasteiger partial charge is 0.476 e. The van der Waals surface area contributed by atoms with E-state index in [1.54, 1.807) is 12.1 Å². The first-order chi connectivity index (χ1) is 7.59. The number of pyridine rings is 1. The SMILES string of the molecule is Nc1ccc(-c2sccc2Cl)nc1C(=O)O. The number of thiophene rings is 1. The minimum absolute atomic E-state index is 0.143. The van der Waals surface area contributed by atoms with E-state index in [0.29, 0.717) is 10.7 Å². The summed E-state index contributed by atoms with van der Waals surface area (Å²) < 4.78 is 0. The number of carboxylic acids is 1. The van der Waals surface area contributed by atoms with Crippen LogP contribution in [-0.4, -0.2) is 16.1 Å². The van der Waals surface area contributed by atoms with E-state index in [0.717, 1.165) is 4.88 Å². The summed E-state index contributed by atoms with van der Waals surface area (Å²) in [5.41, 5.74) is 6.02. The first-order valence-corrected chi connectivity index (χ1v) is 5.58. The molecule has 0 amide bonds. The molecule has 2 aromatic rings. The van der Waals surface area contributed by atoms with Gasteiger partial charge in [-0.25, -0.2) is 9.78 Å². The highest BCUT2D eigenvalue weighted by Crippen LogP contribution is 2.32. The Morgan fingerprint density at radius 1 is 1.44 bits per heavy atom. The van der Waals surface area contributed by atoms with E-state index in [1.807, 2.05) is 5.38 Å². The molecule has 16 heavy (non-hydrogen) atoms. The number of nitrogen functional groups attached to an aromatic ring is 1. The highest BCUT2D eigenvalue weighted by Gasteiger charge is 2.13. The molecule has 2 rings (SSSR count). The molecule has 3 N–H and O–H groups in total. The van der Waals surface area contributed by atoms with Crippen LogP contribution in [0.15, 0.2) is 23.6 Å². The molecule has 0 radical (unpaired) electrons. The molecule has 4 nitrogen and oxygen atoms in total. The van der Waals surface area contributed by atoms with Crippen LogP contribution in [-0.2, 0) is 0 Å². The fourth-order valence-corrected chi connectivity index (χ4v) is 2.37. The molecule has 0 saturated heterocycles. The Bertz CT molecular complexity index is 554. The molecule has 0 aliphatic carbocycles. The number of aromatic nitrogens is 1. The number of carbonyl (C=O) groups is 1. The van der Waals surface area contributed by atoms with Crippen molar-refractivity contribution in [2.45, 2.75) is 0 Å². The molecule has 0 bridgehead atoms. The highest BCUT2D eigenvalue weighted by molar-refractivity contribution is 7.14. The van der Waals surface area contributed by atoms with Crippen molar-refractivity contribution in [2.75, 3.05) is 5.73 Å². The summed E-state index contributed by atoms with van der Waals surface area (Å²) >= 11 is 7.34. The minimum Gasteiger partial charge on any atom is -0.476 e. The molecule has 0 unspecified atom stereocenters. The Morgan fingerprint density at radius 3 is 2.75 bits per heavy atom. The predicted octanol–water partition coefficient (Wildman–Crippen LogP) is 2.74. The summed E-state index contributed by atoms with van der Waals surface area (Å²) in [5.74, 6) is -1.15. The summed E-state index contributed by atoms with van der Waals surface area (Å²) in [7, 11) is 0. The summed E-state index contributed by atoms with van der Waals surface area (Å²) in [6.07, 6.45) is 0. The van der Waals surface area contributed by atoms with E-state index < -0.39 is 5.97 Å². The number of aromatic carboxylic acids is 1. The highest BCUT2D eigenvalue weighted by atomic mass is 35.5. The van der Waals surface area contributed by atoms with Crippen molar-refractivity contribution in [1.29, 1.82) is 0 Å². The summed E-state index contributed by atoms with van der Waals surface area (Å²) in [6.45, 7) is 0. The van der Waals surface area contributed by atoms with Gasteiger partial charge in [0.05, 0.1) is 21.3 Å². The van der Waals surface area contributed by atoms with Gasteiger partial charge in [-0.15, -0.1) is 11.3 Å². The smallest absolute Gasteiger partial charge is 0.356 e. The molecule has 0 saturated carbocycles. The van der Waals surface area contributed by atoms with E-state index in [1.165, 1.54) is 17.4 Å². The number of anilines is 1. The van der Waals surface area contributed by atoms with Crippen molar-refractivity contribution in [3.63, 3.8) is 0 Å². The van der Waals surface area contributed by atoms with Crippen LogP contribution in [0, 0.1) is 0 Å². The number of rotatable bonds is 2. The lowest BCUT2D eigenvalue weighted by molar-refractivity contribution is 0.0692. The Balaban J connectivity index is 2.56. The van der Waals surface area contributed by atoms with Gasteiger partial charge in [0, 0.05) is 0 Å². The van der Waals surface area contributed by atoms with Crippen molar-refractivity contribution in [3.05, 3.63) is 34.3 Å². The molecule has 2 heterocycles. The van der Waals surface area contributed by atoms with Crippen molar-refractivity contribution in [2.24, 2.45) is 0 Å². The summed E-state index contributed by atoms with van der Waals surface area (Å²) in [6, 6.07) is 4.90. The lowest BCUT2D eigenvalue weighted by atomic mass is 10.2. The van der Waals surface area contributed by atoms with Gasteiger partial charge in [-0.05, 0) is 23.6 Å². The van der Waals surface area contributed by atoms with Gasteiger partial charge in [-0.1, -0.05) is 11.6 Å². The van der Waals surface area contributed by atoms with Gasteiger partial charge in [0.1, 0.15) is 0 Å². The van der Waals surface area contributed by atoms with Crippen LogP contribution in [0.4, 0.5) is 5.69 Å². The third kappa shape index (κ3) is 1.87. The van der Waals surface area contributed by atoms with Gasteiger partial charge in [-0.2, -0.15) is 0 Å². The zero-order chi connectivity index (χ0) is 11.7. The lowest BCUT2D eigenvalue weighted by Crippen LogP contribution is -2.05. The first kappa shape index (κ1) is 10.9. The number of nitrogens with zero attached hydrogens (tertiary/aromatic N) is 1. The molecule has 0 spiro atoms. The molecule has 0 atom stereocenters. The molecule has 0 fully saturated rings. The van der Waals surface area contributed by atoms with E-state index in [4.69, 9.17) is 22.4 Å². The molecular weight excluding hydrogens is 248 g/mol. The predicted molar refractivity (Wildman–Crippen MR) is 63.9 cm³/mol. The van der Waals surface area contributed by atoms with E-state index in [-0.39, 0.29) is 11.4 Å². The van der Waals surface area contributed by atoms with E-state index in [2.05, 4.69) is 4.98 Å². The monoisotopic (exact) mass is 254 g/mol. The first-order valence-electron chi connectivity index (χ1n) is 4.33. The van der Waals surface area contributed by atoms with Crippen LogP contribution >= 0.6 is 22.9 Å². The molecule has 82 valence electrons. The zero-order valence-corrected chi connectivity index (χ0v) is 9.55. The number of hydrogen-bond acceptors (Lipinski definition) is 4. The van der Waals surface area contributed by atoms with Gasteiger partial charge in [-0.3, -0.25) is 0 Å². The molecule has 0 aliphatic heterocycles. The maximum Gasteiger partial charge on any atom is 0.356 e. The van der Waals surface area contributed by atoms with E-state index >= 15 is 0 Å². The van der Waals surface area contributed by atoms with Gasteiger partial charge in [0.2, 0.25) is 0 Å². The fourth-order valence-electron chi connectivity index (χ4n) is 1.24. The second-order valence-electron chi connectivity index (χ2n) is 3.04. The number of nitrogens with two attached hydrogens (primary N) is 1. The van der Waals surface area contributed by atoms with Gasteiger partial charge >= 0.3 is 5.97 Å². The Hall–Kier alpha value is -1.59. The Kier molecular flexibility index (Phi) is 2.80.